The fourth-order valence-electron chi connectivity index (χ4n) is 2.18. The molecule has 1 unspecified atom stereocenters. The Kier molecular flexibility index (Phi) is 3.79. The van der Waals surface area contributed by atoms with Gasteiger partial charge in [-0.3, -0.25) is 4.90 Å². The largest absolute Gasteiger partial charge is 0.383 e. The predicted molar refractivity (Wildman–Crippen MR) is 57.5 cm³/mol. The first-order valence-electron chi connectivity index (χ1n) is 5.86. The van der Waals surface area contributed by atoms with E-state index < -0.39 is 0 Å². The third-order valence-electron chi connectivity index (χ3n) is 3.24. The van der Waals surface area contributed by atoms with Gasteiger partial charge in [0, 0.05) is 25.7 Å². The quantitative estimate of drug-likeness (QED) is 0.685. The van der Waals surface area contributed by atoms with Crippen molar-refractivity contribution in [1.82, 2.24) is 10.2 Å². The maximum Gasteiger partial charge on any atom is 0.0630 e. The zero-order chi connectivity index (χ0) is 9.80. The first-order valence-corrected chi connectivity index (χ1v) is 5.86. The van der Waals surface area contributed by atoms with Crippen molar-refractivity contribution in [2.45, 2.75) is 37.8 Å². The van der Waals surface area contributed by atoms with Crippen LogP contribution in [-0.2, 0) is 4.74 Å². The van der Waals surface area contributed by atoms with Crippen molar-refractivity contribution < 1.29 is 4.74 Å². The average molecular weight is 198 g/mol. The van der Waals surface area contributed by atoms with E-state index in [1.807, 2.05) is 0 Å². The number of methoxy groups -OCH3 is 1. The zero-order valence-corrected chi connectivity index (χ0v) is 9.17. The Morgan fingerprint density at radius 3 is 2.64 bits per heavy atom. The third kappa shape index (κ3) is 2.94. The molecular weight excluding hydrogens is 176 g/mol. The molecule has 3 heteroatoms. The van der Waals surface area contributed by atoms with Crippen molar-refractivity contribution in [2.75, 3.05) is 33.4 Å². The van der Waals surface area contributed by atoms with Crippen LogP contribution in [0.1, 0.15) is 25.7 Å². The molecule has 0 aromatic carbocycles. The molecule has 1 atom stereocenters. The molecule has 3 nitrogen and oxygen atoms in total. The highest BCUT2D eigenvalue weighted by atomic mass is 16.5. The van der Waals surface area contributed by atoms with E-state index in [1.165, 1.54) is 38.8 Å². The molecule has 1 N–H and O–H groups in total. The van der Waals surface area contributed by atoms with Crippen molar-refractivity contribution in [2.24, 2.45) is 0 Å². The Morgan fingerprint density at radius 1 is 1.36 bits per heavy atom. The summed E-state index contributed by atoms with van der Waals surface area (Å²) >= 11 is 0. The van der Waals surface area contributed by atoms with E-state index in [2.05, 4.69) is 10.2 Å². The molecular formula is C11H22N2O. The van der Waals surface area contributed by atoms with Gasteiger partial charge in [0.05, 0.1) is 6.61 Å². The summed E-state index contributed by atoms with van der Waals surface area (Å²) in [6.07, 6.45) is 5.48. The lowest BCUT2D eigenvalue weighted by atomic mass is 10.2. The minimum absolute atomic E-state index is 0.600. The molecule has 0 bridgehead atoms. The highest BCUT2D eigenvalue weighted by Gasteiger charge is 2.25. The second-order valence-corrected chi connectivity index (χ2v) is 4.53. The van der Waals surface area contributed by atoms with Crippen molar-refractivity contribution in [3.05, 3.63) is 0 Å². The fourth-order valence-corrected chi connectivity index (χ4v) is 2.18. The molecule has 1 saturated heterocycles. The Labute approximate surface area is 86.8 Å². The Balaban J connectivity index is 1.72. The average Bonchev–Trinajstić information content (AvgIpc) is 2.86. The molecule has 1 saturated carbocycles. The fraction of sp³-hybridized carbons (Fsp3) is 1.00. The van der Waals surface area contributed by atoms with E-state index in [1.54, 1.807) is 7.11 Å². The van der Waals surface area contributed by atoms with E-state index in [9.17, 15) is 0 Å². The number of nitrogens with zero attached hydrogens (tertiary/aromatic N) is 1. The van der Waals surface area contributed by atoms with Gasteiger partial charge in [-0.15, -0.1) is 0 Å². The lowest BCUT2D eigenvalue weighted by Crippen LogP contribution is -2.44. The van der Waals surface area contributed by atoms with Gasteiger partial charge in [-0.1, -0.05) is 0 Å². The van der Waals surface area contributed by atoms with E-state index in [0.29, 0.717) is 6.04 Å². The molecule has 0 aromatic rings. The Morgan fingerprint density at radius 2 is 2.07 bits per heavy atom. The van der Waals surface area contributed by atoms with Crippen LogP contribution in [0.5, 0.6) is 0 Å². The van der Waals surface area contributed by atoms with Crippen LogP contribution in [-0.4, -0.2) is 50.3 Å². The van der Waals surface area contributed by atoms with Crippen LogP contribution in [0.4, 0.5) is 0 Å². The first-order chi connectivity index (χ1) is 6.90. The summed E-state index contributed by atoms with van der Waals surface area (Å²) in [5.74, 6) is 0. The minimum atomic E-state index is 0.600. The van der Waals surface area contributed by atoms with Crippen LogP contribution in [0.15, 0.2) is 0 Å². The number of rotatable bonds is 6. The lowest BCUT2D eigenvalue weighted by molar-refractivity contribution is 0.104. The number of ether oxygens (including phenoxy) is 1. The molecule has 2 rings (SSSR count). The molecule has 0 aromatic heterocycles. The summed E-state index contributed by atoms with van der Waals surface area (Å²) in [6.45, 7) is 4.51. The smallest absolute Gasteiger partial charge is 0.0630 e. The lowest BCUT2D eigenvalue weighted by Gasteiger charge is -2.27. The van der Waals surface area contributed by atoms with E-state index in [0.717, 1.165) is 19.2 Å². The molecule has 1 aliphatic heterocycles. The molecule has 1 heterocycles. The highest BCUT2D eigenvalue weighted by molar-refractivity contribution is 4.85. The number of nitrogens with one attached hydrogen (secondary N) is 1. The number of hydrogen-bond acceptors (Lipinski definition) is 3. The molecule has 0 radical (unpaired) electrons. The summed E-state index contributed by atoms with van der Waals surface area (Å²) in [7, 11) is 1.81. The van der Waals surface area contributed by atoms with Crippen LogP contribution in [0, 0.1) is 0 Å². The summed E-state index contributed by atoms with van der Waals surface area (Å²) in [5, 5.41) is 3.60. The van der Waals surface area contributed by atoms with Gasteiger partial charge in [-0.25, -0.2) is 0 Å². The zero-order valence-electron chi connectivity index (χ0n) is 9.17. The second-order valence-electron chi connectivity index (χ2n) is 4.53. The third-order valence-corrected chi connectivity index (χ3v) is 3.24. The summed E-state index contributed by atoms with van der Waals surface area (Å²) in [5.41, 5.74) is 0. The first kappa shape index (κ1) is 10.4. The second kappa shape index (κ2) is 5.10. The standard InChI is InChI=1S/C11H22N2O/c1-14-9-11(8-12-10-4-5-10)13-6-2-3-7-13/h10-12H,2-9H2,1H3. The topological polar surface area (TPSA) is 24.5 Å². The van der Waals surface area contributed by atoms with Gasteiger partial charge < -0.3 is 10.1 Å². The van der Waals surface area contributed by atoms with Gasteiger partial charge >= 0.3 is 0 Å². The van der Waals surface area contributed by atoms with Gasteiger partial charge in [-0.05, 0) is 38.8 Å². The van der Waals surface area contributed by atoms with Crippen LogP contribution < -0.4 is 5.32 Å². The van der Waals surface area contributed by atoms with Crippen molar-refractivity contribution in [1.29, 1.82) is 0 Å². The molecule has 0 amide bonds. The molecule has 0 spiro atoms. The predicted octanol–water partition coefficient (Wildman–Crippen LogP) is 0.849. The van der Waals surface area contributed by atoms with Gasteiger partial charge in [0.1, 0.15) is 0 Å². The monoisotopic (exact) mass is 198 g/mol. The molecule has 82 valence electrons. The SMILES string of the molecule is COCC(CNC1CC1)N1CCCC1. The highest BCUT2D eigenvalue weighted by Crippen LogP contribution is 2.19. The van der Waals surface area contributed by atoms with Gasteiger partial charge in [-0.2, -0.15) is 0 Å². The van der Waals surface area contributed by atoms with Crippen LogP contribution in [0.3, 0.4) is 0 Å². The van der Waals surface area contributed by atoms with Gasteiger partial charge in [0.25, 0.3) is 0 Å². The van der Waals surface area contributed by atoms with Gasteiger partial charge in [0.2, 0.25) is 0 Å². The maximum atomic E-state index is 5.29. The minimum Gasteiger partial charge on any atom is -0.383 e. The Bertz CT molecular complexity index is 165. The van der Waals surface area contributed by atoms with Crippen molar-refractivity contribution >= 4 is 0 Å². The summed E-state index contributed by atoms with van der Waals surface area (Å²) < 4.78 is 5.29. The van der Waals surface area contributed by atoms with Crippen LogP contribution in [0.25, 0.3) is 0 Å². The molecule has 2 aliphatic rings. The van der Waals surface area contributed by atoms with Crippen LogP contribution in [0.2, 0.25) is 0 Å². The summed E-state index contributed by atoms with van der Waals surface area (Å²) in [6, 6.07) is 1.42. The molecule has 14 heavy (non-hydrogen) atoms. The van der Waals surface area contributed by atoms with E-state index in [4.69, 9.17) is 4.74 Å². The number of hydrogen-bond donors (Lipinski definition) is 1. The van der Waals surface area contributed by atoms with Crippen molar-refractivity contribution in [3.8, 4) is 0 Å². The van der Waals surface area contributed by atoms with E-state index in [-0.39, 0.29) is 0 Å². The maximum absolute atomic E-state index is 5.29. The normalized spacial score (nSPS) is 25.5. The van der Waals surface area contributed by atoms with Gasteiger partial charge in [0.15, 0.2) is 0 Å². The summed E-state index contributed by atoms with van der Waals surface area (Å²) in [4.78, 5) is 2.57. The van der Waals surface area contributed by atoms with E-state index >= 15 is 0 Å². The van der Waals surface area contributed by atoms with Crippen molar-refractivity contribution in [3.63, 3.8) is 0 Å². The number of likely N-dealkylation sites (tertiary alicyclic amines) is 1. The molecule has 1 aliphatic carbocycles. The Hall–Kier alpha value is -0.120. The molecule has 2 fully saturated rings. The van der Waals surface area contributed by atoms with Crippen LogP contribution >= 0.6 is 0 Å².